The summed E-state index contributed by atoms with van der Waals surface area (Å²) >= 11 is 3.25. The van der Waals surface area contributed by atoms with Gasteiger partial charge in [0.2, 0.25) is 0 Å². The average molecular weight is 394 g/mol. The molecule has 1 aromatic carbocycles. The molecule has 1 aliphatic heterocycles. The highest BCUT2D eigenvalue weighted by Gasteiger charge is 2.20. The Labute approximate surface area is 146 Å². The van der Waals surface area contributed by atoms with E-state index in [1.807, 2.05) is 0 Å². The summed E-state index contributed by atoms with van der Waals surface area (Å²) in [4.78, 5) is 8.10. The number of rotatable bonds is 3. The Morgan fingerprint density at radius 2 is 2.17 bits per heavy atom. The smallest absolute Gasteiger partial charge is 0.282 e. The summed E-state index contributed by atoms with van der Waals surface area (Å²) in [7, 11) is 0. The number of amidine groups is 1. The Hall–Kier alpha value is -2.28. The van der Waals surface area contributed by atoms with Crippen molar-refractivity contribution in [2.45, 2.75) is 12.5 Å². The van der Waals surface area contributed by atoms with Crippen LogP contribution in [0.4, 0.5) is 8.78 Å². The molecule has 1 aromatic heterocycles. The summed E-state index contributed by atoms with van der Waals surface area (Å²) in [6.07, 6.45) is 3.34. The van der Waals surface area contributed by atoms with Crippen molar-refractivity contribution < 1.29 is 13.5 Å². The highest BCUT2D eigenvalue weighted by Crippen LogP contribution is 2.29. The van der Waals surface area contributed by atoms with E-state index in [1.165, 1.54) is 24.4 Å². The number of nitrogens with two attached hydrogens (primary N) is 1. The first-order chi connectivity index (χ1) is 11.5. The molecule has 1 unspecified atom stereocenters. The molecule has 0 aliphatic carbocycles. The van der Waals surface area contributed by atoms with Crippen molar-refractivity contribution in [3.8, 4) is 0 Å². The van der Waals surface area contributed by atoms with Gasteiger partial charge in [0, 0.05) is 22.7 Å². The lowest BCUT2D eigenvalue weighted by molar-refractivity contribution is 0.255. The number of aliphatic imine (C=N–C) groups is 1. The summed E-state index contributed by atoms with van der Waals surface area (Å²) in [5.74, 6) is -0.909. The van der Waals surface area contributed by atoms with Crippen molar-refractivity contribution in [3.05, 3.63) is 63.6 Å². The molecule has 0 amide bonds. The summed E-state index contributed by atoms with van der Waals surface area (Å²) in [6.45, 7) is 0.372. The highest BCUT2D eigenvalue weighted by atomic mass is 79.9. The molecular formula is C17H14BrF2N3O. The molecule has 0 radical (unpaired) electrons. The number of aromatic nitrogens is 1. The second-order valence-corrected chi connectivity index (χ2v) is 6.17. The quantitative estimate of drug-likeness (QED) is 0.848. The third-order valence-corrected chi connectivity index (χ3v) is 4.04. The van der Waals surface area contributed by atoms with Crippen molar-refractivity contribution in [1.82, 2.24) is 4.98 Å². The fourth-order valence-corrected chi connectivity index (χ4v) is 2.63. The Balaban J connectivity index is 1.92. The molecule has 4 nitrogen and oxygen atoms in total. The molecule has 0 spiro atoms. The minimum absolute atomic E-state index is 0.0387. The van der Waals surface area contributed by atoms with Crippen LogP contribution in [0.5, 0.6) is 0 Å². The maximum absolute atomic E-state index is 14.3. The van der Waals surface area contributed by atoms with Crippen LogP contribution in [0.25, 0.3) is 11.9 Å². The second kappa shape index (κ2) is 7.09. The molecule has 1 atom stereocenters. The number of ether oxygens (including phenoxy) is 1. The SMILES string of the molecule is NC1=NC(c2cc(/C=C(\F)c3ccc(Br)cn3)ccc2F)CCO1. The Kier molecular flexibility index (Phi) is 4.89. The number of hydrogen-bond acceptors (Lipinski definition) is 4. The molecule has 1 aliphatic rings. The van der Waals surface area contributed by atoms with Gasteiger partial charge < -0.3 is 10.5 Å². The van der Waals surface area contributed by atoms with Gasteiger partial charge in [-0.3, -0.25) is 4.98 Å². The lowest BCUT2D eigenvalue weighted by Crippen LogP contribution is -2.24. The molecule has 124 valence electrons. The van der Waals surface area contributed by atoms with Gasteiger partial charge in [0.15, 0.2) is 0 Å². The molecule has 3 rings (SSSR count). The van der Waals surface area contributed by atoms with Gasteiger partial charge in [0.1, 0.15) is 11.6 Å². The largest absolute Gasteiger partial charge is 0.465 e. The molecule has 0 saturated heterocycles. The first-order valence-corrected chi connectivity index (χ1v) is 8.07. The second-order valence-electron chi connectivity index (χ2n) is 5.26. The van der Waals surface area contributed by atoms with E-state index in [0.717, 1.165) is 4.47 Å². The lowest BCUT2D eigenvalue weighted by Gasteiger charge is -2.20. The maximum Gasteiger partial charge on any atom is 0.282 e. The zero-order chi connectivity index (χ0) is 17.1. The summed E-state index contributed by atoms with van der Waals surface area (Å²) in [6, 6.07) is 7.24. The van der Waals surface area contributed by atoms with Crippen LogP contribution in [0.15, 0.2) is 46.0 Å². The van der Waals surface area contributed by atoms with Crippen molar-refractivity contribution in [3.63, 3.8) is 0 Å². The van der Waals surface area contributed by atoms with Crippen LogP contribution in [0.1, 0.15) is 29.3 Å². The summed E-state index contributed by atoms with van der Waals surface area (Å²) in [5.41, 5.74) is 6.64. The van der Waals surface area contributed by atoms with Crippen LogP contribution in [-0.2, 0) is 4.74 Å². The van der Waals surface area contributed by atoms with Crippen LogP contribution in [0.3, 0.4) is 0 Å². The van der Waals surface area contributed by atoms with Gasteiger partial charge in [-0.15, -0.1) is 0 Å². The Bertz CT molecular complexity index is 806. The zero-order valence-corrected chi connectivity index (χ0v) is 14.1. The minimum atomic E-state index is -0.505. The zero-order valence-electron chi connectivity index (χ0n) is 12.5. The van der Waals surface area contributed by atoms with Crippen molar-refractivity contribution >= 4 is 33.9 Å². The lowest BCUT2D eigenvalue weighted by atomic mass is 10.0. The highest BCUT2D eigenvalue weighted by molar-refractivity contribution is 9.10. The van der Waals surface area contributed by atoms with Crippen LogP contribution in [-0.4, -0.2) is 17.6 Å². The van der Waals surface area contributed by atoms with Gasteiger partial charge in [0.25, 0.3) is 6.02 Å². The molecule has 0 fully saturated rings. The minimum Gasteiger partial charge on any atom is -0.465 e. The predicted octanol–water partition coefficient (Wildman–Crippen LogP) is 4.23. The van der Waals surface area contributed by atoms with E-state index in [1.54, 1.807) is 18.2 Å². The third kappa shape index (κ3) is 3.79. The van der Waals surface area contributed by atoms with Gasteiger partial charge in [-0.1, -0.05) is 6.07 Å². The van der Waals surface area contributed by atoms with E-state index in [-0.39, 0.29) is 11.7 Å². The van der Waals surface area contributed by atoms with Crippen molar-refractivity contribution in [1.29, 1.82) is 0 Å². The van der Waals surface area contributed by atoms with Crippen molar-refractivity contribution in [2.24, 2.45) is 10.7 Å². The molecular weight excluding hydrogens is 380 g/mol. The molecule has 7 heteroatoms. The summed E-state index contributed by atoms with van der Waals surface area (Å²) in [5, 5.41) is 0. The first-order valence-electron chi connectivity index (χ1n) is 7.27. The van der Waals surface area contributed by atoms with Gasteiger partial charge in [-0.05, 0) is 51.8 Å². The molecule has 0 saturated carbocycles. The first kappa shape index (κ1) is 16.6. The van der Waals surface area contributed by atoms with Crippen LogP contribution < -0.4 is 5.73 Å². The van der Waals surface area contributed by atoms with E-state index in [2.05, 4.69) is 25.9 Å². The van der Waals surface area contributed by atoms with E-state index in [9.17, 15) is 8.78 Å². The number of benzene rings is 1. The fourth-order valence-electron chi connectivity index (χ4n) is 2.40. The van der Waals surface area contributed by atoms with Gasteiger partial charge in [-0.25, -0.2) is 13.8 Å². The van der Waals surface area contributed by atoms with Crippen LogP contribution >= 0.6 is 15.9 Å². The molecule has 2 heterocycles. The van der Waals surface area contributed by atoms with E-state index >= 15 is 0 Å². The average Bonchev–Trinajstić information content (AvgIpc) is 2.57. The van der Waals surface area contributed by atoms with E-state index in [4.69, 9.17) is 10.5 Å². The van der Waals surface area contributed by atoms with Gasteiger partial charge in [-0.2, -0.15) is 0 Å². The number of nitrogens with zero attached hydrogens (tertiary/aromatic N) is 2. The van der Waals surface area contributed by atoms with Gasteiger partial charge >= 0.3 is 0 Å². The Morgan fingerprint density at radius 3 is 2.88 bits per heavy atom. The molecule has 0 bridgehead atoms. The normalized spacial score (nSPS) is 18.0. The monoisotopic (exact) mass is 393 g/mol. The third-order valence-electron chi connectivity index (χ3n) is 3.57. The van der Waals surface area contributed by atoms with E-state index in [0.29, 0.717) is 24.2 Å². The topological polar surface area (TPSA) is 60.5 Å². The fraction of sp³-hybridized carbons (Fsp3) is 0.176. The van der Waals surface area contributed by atoms with Crippen LogP contribution in [0.2, 0.25) is 0 Å². The number of hydrogen-bond donors (Lipinski definition) is 1. The molecule has 2 N–H and O–H groups in total. The number of pyridine rings is 1. The van der Waals surface area contributed by atoms with Crippen molar-refractivity contribution in [2.75, 3.05) is 6.61 Å². The Morgan fingerprint density at radius 1 is 1.33 bits per heavy atom. The molecule has 24 heavy (non-hydrogen) atoms. The number of halogens is 3. The predicted molar refractivity (Wildman–Crippen MR) is 92.2 cm³/mol. The standard InChI is InChI=1S/C17H14BrF2N3O/c18-11-2-4-16(22-9-11)14(20)8-10-1-3-13(19)12(7-10)15-5-6-24-17(21)23-15/h1-4,7-9,15H,5-6H2,(H2,21,23)/b14-8-. The summed E-state index contributed by atoms with van der Waals surface area (Å²) < 4.78 is 34.2. The maximum atomic E-state index is 14.3. The van der Waals surface area contributed by atoms with E-state index < -0.39 is 17.7 Å². The molecule has 2 aromatic rings. The van der Waals surface area contributed by atoms with Gasteiger partial charge in [0.05, 0.1) is 18.3 Å². The van der Waals surface area contributed by atoms with Crippen LogP contribution in [0, 0.1) is 5.82 Å².